The van der Waals surface area contributed by atoms with Gasteiger partial charge in [-0.3, -0.25) is 10.1 Å². The Kier molecular flexibility index (Phi) is 5.67. The first-order valence-corrected chi connectivity index (χ1v) is 7.05. The SMILES string of the molecule is COc1ccc(/C=C/C(=O)O)cc1COc1cc(F)ccc1[N+](=O)[O-]. The zero-order chi connectivity index (χ0) is 18.4. The lowest BCUT2D eigenvalue weighted by Gasteiger charge is -2.11. The summed E-state index contributed by atoms with van der Waals surface area (Å²) >= 11 is 0. The van der Waals surface area contributed by atoms with E-state index in [1.165, 1.54) is 13.2 Å². The van der Waals surface area contributed by atoms with Gasteiger partial charge in [-0.05, 0) is 29.8 Å². The molecule has 8 heteroatoms. The standard InChI is InChI=1S/C17H14FNO6/c1-24-15-6-2-11(3-7-17(20)21)8-12(15)10-25-16-9-13(18)4-5-14(16)19(22)23/h2-9H,10H2,1H3,(H,20,21)/b7-3+. The Hall–Kier alpha value is -3.42. The molecule has 0 atom stereocenters. The molecule has 0 aromatic heterocycles. The molecule has 0 aliphatic carbocycles. The average Bonchev–Trinajstić information content (AvgIpc) is 2.57. The summed E-state index contributed by atoms with van der Waals surface area (Å²) in [5.41, 5.74) is 0.742. The summed E-state index contributed by atoms with van der Waals surface area (Å²) in [6.45, 7) is -0.123. The minimum atomic E-state index is -1.09. The number of ether oxygens (including phenoxy) is 2. The molecule has 2 aromatic rings. The maximum absolute atomic E-state index is 13.3. The van der Waals surface area contributed by atoms with Crippen molar-refractivity contribution >= 4 is 17.7 Å². The van der Waals surface area contributed by atoms with Crippen LogP contribution in [0.25, 0.3) is 6.08 Å². The number of hydrogen-bond donors (Lipinski definition) is 1. The number of carbonyl (C=O) groups is 1. The van der Waals surface area contributed by atoms with E-state index in [2.05, 4.69) is 0 Å². The first-order chi connectivity index (χ1) is 11.9. The van der Waals surface area contributed by atoms with Gasteiger partial charge >= 0.3 is 11.7 Å². The lowest BCUT2D eigenvalue weighted by Crippen LogP contribution is -2.02. The summed E-state index contributed by atoms with van der Waals surface area (Å²) in [5, 5.41) is 19.7. The fourth-order valence-corrected chi connectivity index (χ4v) is 2.09. The van der Waals surface area contributed by atoms with Crippen LogP contribution in [0.3, 0.4) is 0 Å². The molecule has 0 unspecified atom stereocenters. The highest BCUT2D eigenvalue weighted by Crippen LogP contribution is 2.29. The lowest BCUT2D eigenvalue weighted by atomic mass is 10.1. The second-order valence-electron chi connectivity index (χ2n) is 4.90. The van der Waals surface area contributed by atoms with E-state index in [1.807, 2.05) is 0 Å². The molecular formula is C17H14FNO6. The number of halogens is 1. The van der Waals surface area contributed by atoms with E-state index in [9.17, 15) is 19.3 Å². The van der Waals surface area contributed by atoms with Gasteiger partial charge < -0.3 is 14.6 Å². The maximum Gasteiger partial charge on any atom is 0.328 e. The second kappa shape index (κ2) is 7.91. The monoisotopic (exact) mass is 347 g/mol. The highest BCUT2D eigenvalue weighted by atomic mass is 19.1. The van der Waals surface area contributed by atoms with Gasteiger partial charge in [-0.1, -0.05) is 6.07 Å². The van der Waals surface area contributed by atoms with Crippen LogP contribution >= 0.6 is 0 Å². The number of hydrogen-bond acceptors (Lipinski definition) is 5. The number of carboxylic acids is 1. The molecule has 0 saturated carbocycles. The van der Waals surface area contributed by atoms with Crippen molar-refractivity contribution in [1.29, 1.82) is 0 Å². The molecule has 0 heterocycles. The van der Waals surface area contributed by atoms with Crippen LogP contribution in [0.2, 0.25) is 0 Å². The van der Waals surface area contributed by atoms with Crippen LogP contribution < -0.4 is 9.47 Å². The number of nitrogens with zero attached hydrogens (tertiary/aromatic N) is 1. The number of benzene rings is 2. The molecule has 2 aromatic carbocycles. The minimum absolute atomic E-state index is 0.123. The summed E-state index contributed by atoms with van der Waals surface area (Å²) in [6, 6.07) is 7.80. The van der Waals surface area contributed by atoms with Crippen molar-refractivity contribution < 1.29 is 28.7 Å². The number of aliphatic carboxylic acids is 1. The van der Waals surface area contributed by atoms with Crippen LogP contribution in [0, 0.1) is 15.9 Å². The third-order valence-corrected chi connectivity index (χ3v) is 3.22. The van der Waals surface area contributed by atoms with Gasteiger partial charge in [0.2, 0.25) is 0 Å². The Morgan fingerprint density at radius 1 is 1.28 bits per heavy atom. The van der Waals surface area contributed by atoms with Crippen molar-refractivity contribution in [3.05, 3.63) is 69.5 Å². The molecule has 1 N–H and O–H groups in total. The third kappa shape index (κ3) is 4.77. The zero-order valence-corrected chi connectivity index (χ0v) is 13.1. The lowest BCUT2D eigenvalue weighted by molar-refractivity contribution is -0.386. The van der Waals surface area contributed by atoms with Gasteiger partial charge in [0, 0.05) is 23.8 Å². The number of carboxylic acid groups (broad SMARTS) is 1. The number of rotatable bonds is 7. The molecule has 0 fully saturated rings. The molecule has 0 aliphatic rings. The Bertz CT molecular complexity index is 834. The van der Waals surface area contributed by atoms with E-state index in [0.29, 0.717) is 16.9 Å². The van der Waals surface area contributed by atoms with Crippen LogP contribution in [-0.4, -0.2) is 23.1 Å². The van der Waals surface area contributed by atoms with Crippen LogP contribution in [0.4, 0.5) is 10.1 Å². The number of nitro benzene ring substituents is 1. The van der Waals surface area contributed by atoms with E-state index in [-0.39, 0.29) is 18.0 Å². The highest BCUT2D eigenvalue weighted by Gasteiger charge is 2.16. The van der Waals surface area contributed by atoms with Crippen molar-refractivity contribution in [1.82, 2.24) is 0 Å². The molecule has 130 valence electrons. The quantitative estimate of drug-likeness (QED) is 0.468. The van der Waals surface area contributed by atoms with E-state index >= 15 is 0 Å². The molecular weight excluding hydrogens is 333 g/mol. The number of nitro groups is 1. The Balaban J connectivity index is 2.28. The summed E-state index contributed by atoms with van der Waals surface area (Å²) < 4.78 is 23.9. The smallest absolute Gasteiger partial charge is 0.328 e. The molecule has 0 aliphatic heterocycles. The van der Waals surface area contributed by atoms with E-state index in [0.717, 1.165) is 24.3 Å². The first-order valence-electron chi connectivity index (χ1n) is 7.05. The van der Waals surface area contributed by atoms with Gasteiger partial charge in [0.15, 0.2) is 5.75 Å². The van der Waals surface area contributed by atoms with Crippen molar-refractivity contribution in [3.8, 4) is 11.5 Å². The molecule has 0 spiro atoms. The largest absolute Gasteiger partial charge is 0.496 e. The molecule has 2 rings (SSSR count). The summed E-state index contributed by atoms with van der Waals surface area (Å²) in [4.78, 5) is 20.9. The first kappa shape index (κ1) is 17.9. The van der Waals surface area contributed by atoms with E-state index in [4.69, 9.17) is 14.6 Å². The van der Waals surface area contributed by atoms with Crippen molar-refractivity contribution in [2.75, 3.05) is 7.11 Å². The Morgan fingerprint density at radius 3 is 2.68 bits per heavy atom. The predicted molar refractivity (Wildman–Crippen MR) is 87.1 cm³/mol. The van der Waals surface area contributed by atoms with Crippen LogP contribution in [0.1, 0.15) is 11.1 Å². The molecule has 0 saturated heterocycles. The van der Waals surface area contributed by atoms with Gasteiger partial charge in [-0.2, -0.15) is 0 Å². The third-order valence-electron chi connectivity index (χ3n) is 3.22. The molecule has 7 nitrogen and oxygen atoms in total. The van der Waals surface area contributed by atoms with Crippen molar-refractivity contribution in [2.24, 2.45) is 0 Å². The molecule has 0 amide bonds. The fraction of sp³-hybridized carbons (Fsp3) is 0.118. The van der Waals surface area contributed by atoms with Gasteiger partial charge in [0.05, 0.1) is 12.0 Å². The second-order valence-corrected chi connectivity index (χ2v) is 4.90. The summed E-state index contributed by atoms with van der Waals surface area (Å²) in [5.74, 6) is -1.51. The van der Waals surface area contributed by atoms with Crippen LogP contribution in [0.15, 0.2) is 42.5 Å². The van der Waals surface area contributed by atoms with Gasteiger partial charge in [-0.15, -0.1) is 0 Å². The van der Waals surface area contributed by atoms with E-state index in [1.54, 1.807) is 18.2 Å². The summed E-state index contributed by atoms with van der Waals surface area (Å²) in [7, 11) is 1.44. The molecule has 0 bridgehead atoms. The normalized spacial score (nSPS) is 10.6. The van der Waals surface area contributed by atoms with Crippen molar-refractivity contribution in [2.45, 2.75) is 6.61 Å². The van der Waals surface area contributed by atoms with Crippen LogP contribution in [-0.2, 0) is 11.4 Å². The van der Waals surface area contributed by atoms with Crippen LogP contribution in [0.5, 0.6) is 11.5 Å². The Labute approximate surface area is 142 Å². The topological polar surface area (TPSA) is 98.9 Å². The predicted octanol–water partition coefficient (Wildman–Crippen LogP) is 3.42. The fourth-order valence-electron chi connectivity index (χ4n) is 2.09. The summed E-state index contributed by atoms with van der Waals surface area (Å²) in [6.07, 6.45) is 2.36. The average molecular weight is 347 g/mol. The maximum atomic E-state index is 13.3. The van der Waals surface area contributed by atoms with E-state index < -0.39 is 16.7 Å². The molecule has 0 radical (unpaired) electrons. The number of methoxy groups -OCH3 is 1. The van der Waals surface area contributed by atoms with Gasteiger partial charge in [0.1, 0.15) is 18.2 Å². The van der Waals surface area contributed by atoms with Gasteiger partial charge in [-0.25, -0.2) is 9.18 Å². The molecule has 25 heavy (non-hydrogen) atoms. The minimum Gasteiger partial charge on any atom is -0.496 e. The highest BCUT2D eigenvalue weighted by molar-refractivity contribution is 5.85. The van der Waals surface area contributed by atoms with Gasteiger partial charge in [0.25, 0.3) is 0 Å². The van der Waals surface area contributed by atoms with Crippen molar-refractivity contribution in [3.63, 3.8) is 0 Å². The zero-order valence-electron chi connectivity index (χ0n) is 13.1. The Morgan fingerprint density at radius 2 is 2.04 bits per heavy atom.